The highest BCUT2D eigenvalue weighted by molar-refractivity contribution is 5.82. The molecule has 0 radical (unpaired) electrons. The van der Waals surface area contributed by atoms with Gasteiger partial charge in [0.05, 0.1) is 0 Å². The van der Waals surface area contributed by atoms with Crippen LogP contribution in [0.15, 0.2) is 36.4 Å². The van der Waals surface area contributed by atoms with E-state index in [1.54, 1.807) is 0 Å². The number of para-hydroxylation sites is 2. The Hall–Kier alpha value is -3.03. The van der Waals surface area contributed by atoms with Gasteiger partial charge in [-0.2, -0.15) is 0 Å². The van der Waals surface area contributed by atoms with Crippen molar-refractivity contribution < 1.29 is 14.3 Å². The Kier molecular flexibility index (Phi) is 4.83. The van der Waals surface area contributed by atoms with Gasteiger partial charge in [0.2, 0.25) is 6.10 Å². The zero-order chi connectivity index (χ0) is 19.6. The Labute approximate surface area is 170 Å². The molecule has 1 unspecified atom stereocenters. The predicted molar refractivity (Wildman–Crippen MR) is 109 cm³/mol. The molecular formula is C21H25N5O3. The molecule has 2 saturated heterocycles. The van der Waals surface area contributed by atoms with E-state index in [2.05, 4.69) is 26.1 Å². The number of rotatable bonds is 3. The summed E-state index contributed by atoms with van der Waals surface area (Å²) in [4.78, 5) is 19.2. The molecule has 1 aromatic carbocycles. The first kappa shape index (κ1) is 18.0. The van der Waals surface area contributed by atoms with Crippen LogP contribution in [0.25, 0.3) is 0 Å². The van der Waals surface area contributed by atoms with Gasteiger partial charge < -0.3 is 24.2 Å². The summed E-state index contributed by atoms with van der Waals surface area (Å²) in [6.07, 6.45) is 1.86. The van der Waals surface area contributed by atoms with Gasteiger partial charge >= 0.3 is 0 Å². The molecule has 2 aromatic rings. The summed E-state index contributed by atoms with van der Waals surface area (Å²) in [6.45, 7) is 5.10. The van der Waals surface area contributed by atoms with Gasteiger partial charge in [-0.15, -0.1) is 10.2 Å². The molecule has 152 valence electrons. The molecule has 1 amide bonds. The van der Waals surface area contributed by atoms with Crippen LogP contribution in [0.1, 0.15) is 12.8 Å². The molecule has 0 bridgehead atoms. The quantitative estimate of drug-likeness (QED) is 0.781. The van der Waals surface area contributed by atoms with Crippen molar-refractivity contribution in [3.05, 3.63) is 36.4 Å². The van der Waals surface area contributed by atoms with Gasteiger partial charge in [0.15, 0.2) is 23.1 Å². The van der Waals surface area contributed by atoms with Gasteiger partial charge in [0, 0.05) is 39.3 Å². The molecule has 0 spiro atoms. The van der Waals surface area contributed by atoms with Crippen molar-refractivity contribution in [1.82, 2.24) is 15.1 Å². The molecule has 5 rings (SSSR count). The molecule has 1 atom stereocenters. The Bertz CT molecular complexity index is 861. The van der Waals surface area contributed by atoms with E-state index >= 15 is 0 Å². The van der Waals surface area contributed by atoms with Crippen molar-refractivity contribution in [1.29, 1.82) is 0 Å². The first-order valence-electron chi connectivity index (χ1n) is 10.3. The van der Waals surface area contributed by atoms with E-state index in [0.717, 1.165) is 37.8 Å². The monoisotopic (exact) mass is 395 g/mol. The number of benzene rings is 1. The molecule has 4 heterocycles. The molecule has 3 aliphatic heterocycles. The minimum absolute atomic E-state index is 0.0189. The third-order valence-electron chi connectivity index (χ3n) is 5.77. The smallest absolute Gasteiger partial charge is 0.267 e. The average molecular weight is 395 g/mol. The largest absolute Gasteiger partial charge is 0.485 e. The van der Waals surface area contributed by atoms with E-state index in [-0.39, 0.29) is 12.5 Å². The molecule has 0 N–H and O–H groups in total. The number of carbonyl (C=O) groups excluding carboxylic acids is 1. The highest BCUT2D eigenvalue weighted by atomic mass is 16.6. The number of piperazine rings is 1. The molecule has 3 aliphatic rings. The van der Waals surface area contributed by atoms with E-state index < -0.39 is 6.10 Å². The van der Waals surface area contributed by atoms with Crippen LogP contribution in [0.5, 0.6) is 11.5 Å². The summed E-state index contributed by atoms with van der Waals surface area (Å²) in [5.41, 5.74) is 0. The van der Waals surface area contributed by atoms with Crippen molar-refractivity contribution >= 4 is 17.5 Å². The minimum Gasteiger partial charge on any atom is -0.485 e. The summed E-state index contributed by atoms with van der Waals surface area (Å²) in [5, 5.41) is 8.82. The van der Waals surface area contributed by atoms with Crippen molar-refractivity contribution in [2.45, 2.75) is 18.9 Å². The van der Waals surface area contributed by atoms with Crippen LogP contribution in [0.3, 0.4) is 0 Å². The standard InChI is InChI=1S/C21H25N5O3/c27-21(18-15-28-16-5-1-2-6-17(16)29-18)26-13-11-25(12-14-26)20-8-7-19(22-23-20)24-9-3-4-10-24/h1-2,5-8,18H,3-4,9-15H2. The van der Waals surface area contributed by atoms with Gasteiger partial charge in [-0.05, 0) is 37.1 Å². The zero-order valence-electron chi connectivity index (χ0n) is 16.4. The Morgan fingerprint density at radius 1 is 0.828 bits per heavy atom. The molecule has 29 heavy (non-hydrogen) atoms. The lowest BCUT2D eigenvalue weighted by Crippen LogP contribution is -2.54. The van der Waals surface area contributed by atoms with Crippen LogP contribution in [-0.2, 0) is 4.79 Å². The Morgan fingerprint density at radius 3 is 2.10 bits per heavy atom. The predicted octanol–water partition coefficient (Wildman–Crippen LogP) is 1.57. The zero-order valence-corrected chi connectivity index (χ0v) is 16.4. The van der Waals surface area contributed by atoms with E-state index in [1.165, 1.54) is 12.8 Å². The van der Waals surface area contributed by atoms with Crippen LogP contribution in [0.2, 0.25) is 0 Å². The second-order valence-electron chi connectivity index (χ2n) is 7.62. The maximum atomic E-state index is 12.9. The summed E-state index contributed by atoms with van der Waals surface area (Å²) in [6, 6.07) is 11.5. The van der Waals surface area contributed by atoms with Crippen LogP contribution in [-0.4, -0.2) is 73.0 Å². The number of ether oxygens (including phenoxy) is 2. The fourth-order valence-electron chi connectivity index (χ4n) is 4.10. The first-order valence-corrected chi connectivity index (χ1v) is 10.3. The van der Waals surface area contributed by atoms with E-state index in [4.69, 9.17) is 9.47 Å². The molecule has 0 saturated carbocycles. The SMILES string of the molecule is O=C(C1COc2ccccc2O1)N1CCN(c2ccc(N3CCCC3)nn2)CC1. The maximum Gasteiger partial charge on any atom is 0.267 e. The van der Waals surface area contributed by atoms with Gasteiger partial charge in [0.1, 0.15) is 6.61 Å². The molecule has 8 heteroatoms. The van der Waals surface area contributed by atoms with Crippen molar-refractivity contribution in [3.63, 3.8) is 0 Å². The van der Waals surface area contributed by atoms with E-state index in [1.807, 2.05) is 35.2 Å². The van der Waals surface area contributed by atoms with Crippen molar-refractivity contribution in [2.24, 2.45) is 0 Å². The Morgan fingerprint density at radius 2 is 1.45 bits per heavy atom. The summed E-state index contributed by atoms with van der Waals surface area (Å²) < 4.78 is 11.6. The average Bonchev–Trinajstić information content (AvgIpc) is 3.33. The lowest BCUT2D eigenvalue weighted by Gasteiger charge is -2.37. The second-order valence-corrected chi connectivity index (χ2v) is 7.62. The third kappa shape index (κ3) is 3.66. The summed E-state index contributed by atoms with van der Waals surface area (Å²) >= 11 is 0. The van der Waals surface area contributed by atoms with Gasteiger partial charge in [0.25, 0.3) is 5.91 Å². The summed E-state index contributed by atoms with van der Waals surface area (Å²) in [5.74, 6) is 3.12. The highest BCUT2D eigenvalue weighted by Crippen LogP contribution is 2.31. The van der Waals surface area contributed by atoms with E-state index in [9.17, 15) is 4.79 Å². The molecule has 2 fully saturated rings. The highest BCUT2D eigenvalue weighted by Gasteiger charge is 2.33. The minimum atomic E-state index is -0.587. The number of nitrogens with zero attached hydrogens (tertiary/aromatic N) is 5. The fraction of sp³-hybridized carbons (Fsp3) is 0.476. The number of hydrogen-bond acceptors (Lipinski definition) is 7. The maximum absolute atomic E-state index is 12.9. The van der Waals surface area contributed by atoms with Crippen LogP contribution in [0, 0.1) is 0 Å². The first-order chi connectivity index (χ1) is 14.3. The molecule has 8 nitrogen and oxygen atoms in total. The van der Waals surface area contributed by atoms with Gasteiger partial charge in [-0.1, -0.05) is 12.1 Å². The number of hydrogen-bond donors (Lipinski definition) is 0. The normalized spacial score (nSPS) is 21.4. The lowest BCUT2D eigenvalue weighted by molar-refractivity contribution is -0.141. The van der Waals surface area contributed by atoms with Gasteiger partial charge in [-0.25, -0.2) is 0 Å². The number of fused-ring (bicyclic) bond motifs is 1. The van der Waals surface area contributed by atoms with E-state index in [0.29, 0.717) is 24.6 Å². The second kappa shape index (κ2) is 7.77. The third-order valence-corrected chi connectivity index (χ3v) is 5.77. The lowest BCUT2D eigenvalue weighted by atomic mass is 10.2. The van der Waals surface area contributed by atoms with Crippen LogP contribution in [0.4, 0.5) is 11.6 Å². The van der Waals surface area contributed by atoms with Crippen molar-refractivity contribution in [2.75, 3.05) is 55.7 Å². The molecular weight excluding hydrogens is 370 g/mol. The van der Waals surface area contributed by atoms with Crippen molar-refractivity contribution in [3.8, 4) is 11.5 Å². The Balaban J connectivity index is 1.17. The van der Waals surface area contributed by atoms with Crippen LogP contribution < -0.4 is 19.3 Å². The molecule has 1 aromatic heterocycles. The van der Waals surface area contributed by atoms with Crippen LogP contribution >= 0.6 is 0 Å². The topological polar surface area (TPSA) is 71.0 Å². The molecule has 0 aliphatic carbocycles. The number of anilines is 2. The summed E-state index contributed by atoms with van der Waals surface area (Å²) in [7, 11) is 0. The fourth-order valence-corrected chi connectivity index (χ4v) is 4.10. The number of aromatic nitrogens is 2. The number of carbonyl (C=O) groups is 1. The number of amides is 1. The van der Waals surface area contributed by atoms with Gasteiger partial charge in [-0.3, -0.25) is 4.79 Å².